The molecular weight excluding hydrogens is 192 g/mol. The second-order valence-corrected chi connectivity index (χ2v) is 3.13. The molecule has 0 heterocycles. The van der Waals surface area contributed by atoms with Gasteiger partial charge in [0.15, 0.2) is 0 Å². The van der Waals surface area contributed by atoms with E-state index < -0.39 is 5.97 Å². The van der Waals surface area contributed by atoms with E-state index in [1.807, 2.05) is 30.3 Å². The molecule has 0 fully saturated rings. The zero-order valence-corrected chi connectivity index (χ0v) is 8.64. The van der Waals surface area contributed by atoms with E-state index in [0.29, 0.717) is 5.57 Å². The van der Waals surface area contributed by atoms with Gasteiger partial charge in [-0.3, -0.25) is 0 Å². The molecule has 80 valence electrons. The van der Waals surface area contributed by atoms with Gasteiger partial charge in [0.25, 0.3) is 0 Å². The molecule has 0 aliphatic rings. The number of hydrogen-bond donors (Lipinski definition) is 1. The predicted octanol–water partition coefficient (Wildman–Crippen LogP) is 1.67. The number of aliphatic hydroxyl groups excluding tert-OH is 1. The van der Waals surface area contributed by atoms with Gasteiger partial charge in [-0.1, -0.05) is 30.3 Å². The lowest BCUT2D eigenvalue weighted by atomic mass is 10.2. The summed E-state index contributed by atoms with van der Waals surface area (Å²) in [7, 11) is 0. The van der Waals surface area contributed by atoms with Crippen LogP contribution in [0.3, 0.4) is 0 Å². The zero-order valence-electron chi connectivity index (χ0n) is 8.64. The molecule has 0 radical (unpaired) electrons. The molecule has 0 amide bonds. The molecule has 0 aromatic heterocycles. The molecule has 0 saturated carbocycles. The Morgan fingerprint density at radius 3 is 2.67 bits per heavy atom. The van der Waals surface area contributed by atoms with Crippen LogP contribution < -0.4 is 0 Å². The number of carbonyl (C=O) groups excluding carboxylic acids is 1. The maximum atomic E-state index is 11.3. The summed E-state index contributed by atoms with van der Waals surface area (Å²) in [5.74, 6) is -0.395. The molecule has 3 nitrogen and oxygen atoms in total. The summed E-state index contributed by atoms with van der Waals surface area (Å²) in [5, 5.41) is 8.59. The van der Waals surface area contributed by atoms with Crippen molar-refractivity contribution in [1.82, 2.24) is 0 Å². The van der Waals surface area contributed by atoms with Crippen LogP contribution in [0.15, 0.2) is 42.0 Å². The highest BCUT2D eigenvalue weighted by Gasteiger charge is 2.04. The van der Waals surface area contributed by atoms with E-state index in [9.17, 15) is 4.79 Å². The highest BCUT2D eigenvalue weighted by Crippen LogP contribution is 2.03. The van der Waals surface area contributed by atoms with E-state index >= 15 is 0 Å². The fraction of sp³-hybridized carbons (Fsp3) is 0.250. The van der Waals surface area contributed by atoms with Gasteiger partial charge in [-0.2, -0.15) is 0 Å². The summed E-state index contributed by atoms with van der Waals surface area (Å²) in [5.41, 5.74) is 1.37. The SMILES string of the molecule is CC(=CCO)C(=O)OCc1ccccc1. The van der Waals surface area contributed by atoms with Crippen molar-refractivity contribution >= 4 is 5.97 Å². The minimum absolute atomic E-state index is 0.147. The molecule has 1 N–H and O–H groups in total. The molecule has 0 saturated heterocycles. The lowest BCUT2D eigenvalue weighted by molar-refractivity contribution is -0.140. The Bertz CT molecular complexity index is 341. The van der Waals surface area contributed by atoms with Crippen molar-refractivity contribution in [2.75, 3.05) is 6.61 Å². The molecule has 0 aliphatic carbocycles. The molecule has 1 rings (SSSR count). The monoisotopic (exact) mass is 206 g/mol. The summed E-state index contributed by atoms with van der Waals surface area (Å²) in [6.45, 7) is 1.73. The van der Waals surface area contributed by atoms with E-state index in [2.05, 4.69) is 0 Å². The van der Waals surface area contributed by atoms with Crippen molar-refractivity contribution in [2.45, 2.75) is 13.5 Å². The van der Waals surface area contributed by atoms with Crippen molar-refractivity contribution in [1.29, 1.82) is 0 Å². The quantitative estimate of drug-likeness (QED) is 0.602. The molecule has 0 unspecified atom stereocenters. The van der Waals surface area contributed by atoms with Crippen LogP contribution in [-0.2, 0) is 16.1 Å². The topological polar surface area (TPSA) is 46.5 Å². The van der Waals surface area contributed by atoms with Gasteiger partial charge in [0.2, 0.25) is 0 Å². The van der Waals surface area contributed by atoms with Crippen molar-refractivity contribution in [3.05, 3.63) is 47.5 Å². The van der Waals surface area contributed by atoms with Gasteiger partial charge in [-0.25, -0.2) is 4.79 Å². The Hall–Kier alpha value is -1.61. The minimum Gasteiger partial charge on any atom is -0.457 e. The Balaban J connectivity index is 2.45. The van der Waals surface area contributed by atoms with Gasteiger partial charge >= 0.3 is 5.97 Å². The smallest absolute Gasteiger partial charge is 0.333 e. The molecular formula is C12H14O3. The Morgan fingerprint density at radius 2 is 2.07 bits per heavy atom. The van der Waals surface area contributed by atoms with E-state index in [-0.39, 0.29) is 13.2 Å². The Morgan fingerprint density at radius 1 is 1.40 bits per heavy atom. The van der Waals surface area contributed by atoms with Crippen LogP contribution in [0.1, 0.15) is 12.5 Å². The first-order valence-corrected chi connectivity index (χ1v) is 4.72. The number of aliphatic hydroxyl groups is 1. The van der Waals surface area contributed by atoms with Crippen LogP contribution in [0.2, 0.25) is 0 Å². The van der Waals surface area contributed by atoms with Crippen LogP contribution in [0.4, 0.5) is 0 Å². The van der Waals surface area contributed by atoms with Crippen LogP contribution in [-0.4, -0.2) is 17.7 Å². The van der Waals surface area contributed by atoms with Crippen molar-refractivity contribution < 1.29 is 14.6 Å². The lowest BCUT2D eigenvalue weighted by Crippen LogP contribution is -2.06. The zero-order chi connectivity index (χ0) is 11.1. The van der Waals surface area contributed by atoms with Gasteiger partial charge in [0.1, 0.15) is 6.61 Å². The Kier molecular flexibility index (Phi) is 4.57. The summed E-state index contributed by atoms with van der Waals surface area (Å²) >= 11 is 0. The number of ether oxygens (including phenoxy) is 1. The van der Waals surface area contributed by atoms with Crippen molar-refractivity contribution in [3.8, 4) is 0 Å². The third kappa shape index (κ3) is 3.95. The highest BCUT2D eigenvalue weighted by atomic mass is 16.5. The summed E-state index contributed by atoms with van der Waals surface area (Å²) in [6, 6.07) is 9.46. The van der Waals surface area contributed by atoms with E-state index in [0.717, 1.165) is 5.56 Å². The maximum Gasteiger partial charge on any atom is 0.333 e. The first-order valence-electron chi connectivity index (χ1n) is 4.72. The molecule has 1 aromatic rings. The second kappa shape index (κ2) is 5.98. The summed E-state index contributed by atoms with van der Waals surface area (Å²) in [6.07, 6.45) is 1.42. The van der Waals surface area contributed by atoms with Crippen LogP contribution in [0, 0.1) is 0 Å². The standard InChI is InChI=1S/C12H14O3/c1-10(7-8-13)12(14)15-9-11-5-3-2-4-6-11/h2-7,13H,8-9H2,1H3. The lowest BCUT2D eigenvalue weighted by Gasteiger charge is -2.04. The van der Waals surface area contributed by atoms with E-state index in [1.165, 1.54) is 6.08 Å². The van der Waals surface area contributed by atoms with Crippen LogP contribution >= 0.6 is 0 Å². The number of rotatable bonds is 4. The van der Waals surface area contributed by atoms with Gasteiger partial charge < -0.3 is 9.84 Å². The average molecular weight is 206 g/mol. The van der Waals surface area contributed by atoms with Crippen molar-refractivity contribution in [3.63, 3.8) is 0 Å². The molecule has 0 spiro atoms. The van der Waals surface area contributed by atoms with E-state index in [4.69, 9.17) is 9.84 Å². The van der Waals surface area contributed by atoms with Crippen molar-refractivity contribution in [2.24, 2.45) is 0 Å². The molecule has 1 aromatic carbocycles. The minimum atomic E-state index is -0.395. The summed E-state index contributed by atoms with van der Waals surface area (Å²) in [4.78, 5) is 11.3. The maximum absolute atomic E-state index is 11.3. The third-order valence-corrected chi connectivity index (χ3v) is 1.93. The molecule has 0 bridgehead atoms. The first kappa shape index (κ1) is 11.5. The number of carbonyl (C=O) groups is 1. The number of esters is 1. The average Bonchev–Trinajstić information content (AvgIpc) is 2.27. The molecule has 15 heavy (non-hydrogen) atoms. The van der Waals surface area contributed by atoms with E-state index in [1.54, 1.807) is 6.92 Å². The Labute approximate surface area is 89.0 Å². The molecule has 0 atom stereocenters. The second-order valence-electron chi connectivity index (χ2n) is 3.13. The van der Waals surface area contributed by atoms with Crippen LogP contribution in [0.25, 0.3) is 0 Å². The van der Waals surface area contributed by atoms with Crippen LogP contribution in [0.5, 0.6) is 0 Å². The van der Waals surface area contributed by atoms with Gasteiger partial charge in [0.05, 0.1) is 6.61 Å². The number of benzene rings is 1. The fourth-order valence-corrected chi connectivity index (χ4v) is 1.06. The number of hydrogen-bond acceptors (Lipinski definition) is 3. The van der Waals surface area contributed by atoms with Gasteiger partial charge in [-0.05, 0) is 18.6 Å². The largest absolute Gasteiger partial charge is 0.457 e. The molecule has 3 heteroatoms. The predicted molar refractivity (Wildman–Crippen MR) is 57.1 cm³/mol. The fourth-order valence-electron chi connectivity index (χ4n) is 1.06. The van der Waals surface area contributed by atoms with Gasteiger partial charge in [-0.15, -0.1) is 0 Å². The molecule has 0 aliphatic heterocycles. The first-order chi connectivity index (χ1) is 7.24. The van der Waals surface area contributed by atoms with Gasteiger partial charge in [0, 0.05) is 5.57 Å². The summed E-state index contributed by atoms with van der Waals surface area (Å²) < 4.78 is 5.02. The normalized spacial score (nSPS) is 11.2. The highest BCUT2D eigenvalue weighted by molar-refractivity contribution is 5.87. The third-order valence-electron chi connectivity index (χ3n) is 1.93.